The van der Waals surface area contributed by atoms with E-state index in [1.54, 1.807) is 24.3 Å². The number of hydrogen-bond donors (Lipinski definition) is 2. The van der Waals surface area contributed by atoms with Crippen LogP contribution < -0.4 is 10.6 Å². The Morgan fingerprint density at radius 3 is 2.54 bits per heavy atom. The number of halogens is 4. The van der Waals surface area contributed by atoms with Gasteiger partial charge in [0.05, 0.1) is 33.2 Å². The number of anilines is 3. The Bertz CT molecular complexity index is 982. The predicted molar refractivity (Wildman–Crippen MR) is 98.3 cm³/mol. The maximum atomic E-state index is 13.2. The fourth-order valence-corrected chi connectivity index (χ4v) is 2.51. The quantitative estimate of drug-likeness (QED) is 0.600. The number of rotatable bonds is 4. The van der Waals surface area contributed by atoms with Crippen molar-refractivity contribution in [2.75, 3.05) is 10.6 Å². The second-order valence-corrected chi connectivity index (χ2v) is 6.06. The van der Waals surface area contributed by atoms with Gasteiger partial charge in [-0.2, -0.15) is 0 Å². The van der Waals surface area contributed by atoms with Crippen LogP contribution in [0.4, 0.5) is 25.8 Å². The minimum Gasteiger partial charge on any atom is -0.353 e. The average molecular weight is 394 g/mol. The van der Waals surface area contributed by atoms with Crippen molar-refractivity contribution in [1.82, 2.24) is 4.98 Å². The van der Waals surface area contributed by atoms with Gasteiger partial charge in [0.1, 0.15) is 0 Å². The van der Waals surface area contributed by atoms with Gasteiger partial charge >= 0.3 is 0 Å². The van der Waals surface area contributed by atoms with Crippen LogP contribution >= 0.6 is 23.2 Å². The number of benzene rings is 2. The van der Waals surface area contributed by atoms with Gasteiger partial charge in [0, 0.05) is 18.0 Å². The SMILES string of the molecule is O=C(Nc1ccc(F)c(F)c1)c1cncc(Nc2cccc(Cl)c2Cl)c1. The fraction of sp³-hybridized carbons (Fsp3) is 0. The van der Waals surface area contributed by atoms with Gasteiger partial charge in [0.15, 0.2) is 11.6 Å². The van der Waals surface area contributed by atoms with Crippen LogP contribution in [0, 0.1) is 11.6 Å². The van der Waals surface area contributed by atoms with Crippen molar-refractivity contribution in [3.8, 4) is 0 Å². The van der Waals surface area contributed by atoms with E-state index in [4.69, 9.17) is 23.2 Å². The topological polar surface area (TPSA) is 54.0 Å². The molecule has 0 unspecified atom stereocenters. The first kappa shape index (κ1) is 18.1. The van der Waals surface area contributed by atoms with Crippen LogP contribution in [0.15, 0.2) is 54.9 Å². The van der Waals surface area contributed by atoms with Gasteiger partial charge in [-0.1, -0.05) is 29.3 Å². The molecule has 2 N–H and O–H groups in total. The number of nitrogens with zero attached hydrogens (tertiary/aromatic N) is 1. The van der Waals surface area contributed by atoms with Gasteiger partial charge in [-0.15, -0.1) is 0 Å². The largest absolute Gasteiger partial charge is 0.353 e. The Hall–Kier alpha value is -2.70. The van der Waals surface area contributed by atoms with E-state index in [9.17, 15) is 13.6 Å². The molecule has 8 heteroatoms. The summed E-state index contributed by atoms with van der Waals surface area (Å²) >= 11 is 12.1. The Kier molecular flexibility index (Phi) is 5.35. The Morgan fingerprint density at radius 2 is 1.77 bits per heavy atom. The molecule has 0 spiro atoms. The summed E-state index contributed by atoms with van der Waals surface area (Å²) in [4.78, 5) is 16.3. The van der Waals surface area contributed by atoms with Crippen molar-refractivity contribution in [2.45, 2.75) is 0 Å². The molecule has 132 valence electrons. The summed E-state index contributed by atoms with van der Waals surface area (Å²) in [6.07, 6.45) is 2.85. The number of hydrogen-bond acceptors (Lipinski definition) is 3. The molecule has 0 atom stereocenters. The highest BCUT2D eigenvalue weighted by Gasteiger charge is 2.11. The van der Waals surface area contributed by atoms with Crippen LogP contribution in [0.5, 0.6) is 0 Å². The summed E-state index contributed by atoms with van der Waals surface area (Å²) in [7, 11) is 0. The van der Waals surface area contributed by atoms with Crippen molar-refractivity contribution >= 4 is 46.2 Å². The first-order valence-corrected chi connectivity index (χ1v) is 8.12. The van der Waals surface area contributed by atoms with E-state index in [1.807, 2.05) is 0 Å². The van der Waals surface area contributed by atoms with Gasteiger partial charge in [-0.25, -0.2) is 8.78 Å². The first-order valence-electron chi connectivity index (χ1n) is 7.36. The second-order valence-electron chi connectivity index (χ2n) is 5.27. The highest BCUT2D eigenvalue weighted by atomic mass is 35.5. The monoisotopic (exact) mass is 393 g/mol. The van der Waals surface area contributed by atoms with Gasteiger partial charge in [-0.05, 0) is 30.3 Å². The molecule has 2 aromatic carbocycles. The van der Waals surface area contributed by atoms with Crippen molar-refractivity contribution in [3.63, 3.8) is 0 Å². The zero-order chi connectivity index (χ0) is 18.7. The third kappa shape index (κ3) is 4.09. The summed E-state index contributed by atoms with van der Waals surface area (Å²) in [5.41, 5.74) is 1.41. The zero-order valence-electron chi connectivity index (χ0n) is 13.1. The molecule has 0 saturated heterocycles. The van der Waals surface area contributed by atoms with Crippen molar-refractivity contribution in [1.29, 1.82) is 0 Å². The Labute approximate surface area is 157 Å². The van der Waals surface area contributed by atoms with Crippen LogP contribution in [0.2, 0.25) is 10.0 Å². The lowest BCUT2D eigenvalue weighted by atomic mass is 10.2. The fourth-order valence-electron chi connectivity index (χ4n) is 2.17. The molecule has 3 aromatic rings. The molecule has 0 fully saturated rings. The first-order chi connectivity index (χ1) is 12.4. The molecule has 3 rings (SSSR count). The molecule has 0 aliphatic carbocycles. The number of amides is 1. The molecule has 0 bridgehead atoms. The molecule has 0 aliphatic rings. The van der Waals surface area contributed by atoms with Gasteiger partial charge in [-0.3, -0.25) is 9.78 Å². The molecule has 1 amide bonds. The zero-order valence-corrected chi connectivity index (χ0v) is 14.6. The smallest absolute Gasteiger partial charge is 0.257 e. The maximum Gasteiger partial charge on any atom is 0.257 e. The summed E-state index contributed by atoms with van der Waals surface area (Å²) in [5, 5.41) is 6.22. The predicted octanol–water partition coefficient (Wildman–Crippen LogP) is 5.66. The molecule has 0 aliphatic heterocycles. The van der Waals surface area contributed by atoms with E-state index >= 15 is 0 Å². The molecule has 4 nitrogen and oxygen atoms in total. The van der Waals surface area contributed by atoms with Gasteiger partial charge < -0.3 is 10.6 Å². The van der Waals surface area contributed by atoms with Crippen molar-refractivity contribution in [3.05, 3.63) is 82.1 Å². The molecular formula is C18H11Cl2F2N3O. The molecule has 0 radical (unpaired) electrons. The number of carbonyl (C=O) groups excluding carboxylic acids is 1. The lowest BCUT2D eigenvalue weighted by Crippen LogP contribution is -2.12. The van der Waals surface area contributed by atoms with Gasteiger partial charge in [0.2, 0.25) is 0 Å². The van der Waals surface area contributed by atoms with E-state index in [0.29, 0.717) is 21.4 Å². The number of aromatic nitrogens is 1. The Morgan fingerprint density at radius 1 is 0.962 bits per heavy atom. The van der Waals surface area contributed by atoms with E-state index < -0.39 is 17.5 Å². The van der Waals surface area contributed by atoms with Crippen LogP contribution in [0.1, 0.15) is 10.4 Å². The molecule has 1 heterocycles. The van der Waals surface area contributed by atoms with E-state index in [2.05, 4.69) is 15.6 Å². The lowest BCUT2D eigenvalue weighted by molar-refractivity contribution is 0.102. The third-order valence-electron chi connectivity index (χ3n) is 3.41. The van der Waals surface area contributed by atoms with E-state index in [0.717, 1.165) is 12.1 Å². The second kappa shape index (κ2) is 7.68. The highest BCUT2D eigenvalue weighted by molar-refractivity contribution is 6.43. The average Bonchev–Trinajstić information content (AvgIpc) is 2.62. The highest BCUT2D eigenvalue weighted by Crippen LogP contribution is 2.31. The van der Waals surface area contributed by atoms with Crippen LogP contribution in [-0.4, -0.2) is 10.9 Å². The minimum absolute atomic E-state index is 0.130. The maximum absolute atomic E-state index is 13.2. The van der Waals surface area contributed by atoms with Crippen LogP contribution in [0.25, 0.3) is 0 Å². The Balaban J connectivity index is 1.79. The summed E-state index contributed by atoms with van der Waals surface area (Å²) in [6, 6.07) is 9.73. The summed E-state index contributed by atoms with van der Waals surface area (Å²) in [6.45, 7) is 0. The minimum atomic E-state index is -1.05. The van der Waals surface area contributed by atoms with Gasteiger partial charge in [0.25, 0.3) is 5.91 Å². The van der Waals surface area contributed by atoms with E-state index in [1.165, 1.54) is 18.5 Å². The molecule has 26 heavy (non-hydrogen) atoms. The van der Waals surface area contributed by atoms with Crippen molar-refractivity contribution in [2.24, 2.45) is 0 Å². The van der Waals surface area contributed by atoms with Crippen molar-refractivity contribution < 1.29 is 13.6 Å². The van der Waals surface area contributed by atoms with E-state index in [-0.39, 0.29) is 11.3 Å². The number of pyridine rings is 1. The summed E-state index contributed by atoms with van der Waals surface area (Å²) < 4.78 is 26.2. The lowest BCUT2D eigenvalue weighted by Gasteiger charge is -2.10. The van der Waals surface area contributed by atoms with Crippen LogP contribution in [-0.2, 0) is 0 Å². The third-order valence-corrected chi connectivity index (χ3v) is 4.23. The summed E-state index contributed by atoms with van der Waals surface area (Å²) in [5.74, 6) is -2.56. The molecule has 1 aromatic heterocycles. The number of nitrogens with one attached hydrogen (secondary N) is 2. The normalized spacial score (nSPS) is 10.5. The molecular weight excluding hydrogens is 383 g/mol. The standard InChI is InChI=1S/C18H11Cl2F2N3O/c19-13-2-1-3-16(17(13)20)24-12-6-10(8-23-9-12)18(26)25-11-4-5-14(21)15(22)7-11/h1-9,24H,(H,25,26). The molecule has 0 saturated carbocycles. The number of carbonyl (C=O) groups is 1. The van der Waals surface area contributed by atoms with Crippen LogP contribution in [0.3, 0.4) is 0 Å².